The van der Waals surface area contributed by atoms with Gasteiger partial charge in [0.05, 0.1) is 24.2 Å². The van der Waals surface area contributed by atoms with Gasteiger partial charge in [0.1, 0.15) is 5.56 Å². The molecule has 9 nitrogen and oxygen atoms in total. The summed E-state index contributed by atoms with van der Waals surface area (Å²) in [5.41, 5.74) is -0.0255. The van der Waals surface area contributed by atoms with Gasteiger partial charge in [-0.3, -0.25) is 19.6 Å². The first-order chi connectivity index (χ1) is 10.9. The highest BCUT2D eigenvalue weighted by Gasteiger charge is 2.23. The minimum atomic E-state index is -0.789. The highest BCUT2D eigenvalue weighted by atomic mass is 16.6. The standard InChI is InChI=1S/C14H15N3O6/c1-9(18)23-5-3-4-16-8-10-6-13(17(20)21)11(14(19)22-2)7-12(10)15-16/h6-8H,3-5H2,1-2H3. The largest absolute Gasteiger partial charge is 0.466 e. The van der Waals surface area contributed by atoms with Gasteiger partial charge in [0, 0.05) is 37.5 Å². The third kappa shape index (κ3) is 3.82. The van der Waals surface area contributed by atoms with E-state index in [4.69, 9.17) is 4.74 Å². The Morgan fingerprint density at radius 2 is 2.13 bits per heavy atom. The molecule has 9 heteroatoms. The van der Waals surface area contributed by atoms with Crippen molar-refractivity contribution >= 4 is 28.5 Å². The van der Waals surface area contributed by atoms with Gasteiger partial charge in [-0.25, -0.2) is 4.79 Å². The Bertz CT molecular complexity index is 767. The van der Waals surface area contributed by atoms with Crippen LogP contribution in [-0.4, -0.2) is 40.4 Å². The summed E-state index contributed by atoms with van der Waals surface area (Å²) < 4.78 is 11.0. The molecule has 0 amide bonds. The van der Waals surface area contributed by atoms with Gasteiger partial charge in [-0.2, -0.15) is 5.10 Å². The number of carbonyl (C=O) groups is 2. The fraction of sp³-hybridized carbons (Fsp3) is 0.357. The van der Waals surface area contributed by atoms with E-state index in [1.807, 2.05) is 0 Å². The zero-order chi connectivity index (χ0) is 17.0. The summed E-state index contributed by atoms with van der Waals surface area (Å²) >= 11 is 0. The average Bonchev–Trinajstić information content (AvgIpc) is 2.90. The molecule has 1 aromatic heterocycles. The first kappa shape index (κ1) is 16.4. The monoisotopic (exact) mass is 321 g/mol. The molecular formula is C14H15N3O6. The number of aromatic nitrogens is 2. The second-order valence-corrected chi connectivity index (χ2v) is 4.76. The Morgan fingerprint density at radius 1 is 1.39 bits per heavy atom. The molecule has 0 saturated carbocycles. The number of nitrogens with zero attached hydrogens (tertiary/aromatic N) is 3. The number of nitro groups is 1. The average molecular weight is 321 g/mol. The van der Waals surface area contributed by atoms with Gasteiger partial charge in [0.2, 0.25) is 0 Å². The number of esters is 2. The summed E-state index contributed by atoms with van der Waals surface area (Å²) in [5.74, 6) is -1.14. The van der Waals surface area contributed by atoms with Gasteiger partial charge in [-0.05, 0) is 6.07 Å². The SMILES string of the molecule is COC(=O)c1cc2nn(CCCOC(C)=O)cc2cc1[N+](=O)[O-]. The molecule has 0 aliphatic heterocycles. The molecule has 0 N–H and O–H groups in total. The molecule has 0 aliphatic rings. The van der Waals surface area contributed by atoms with Crippen LogP contribution in [0.4, 0.5) is 5.69 Å². The fourth-order valence-corrected chi connectivity index (χ4v) is 2.09. The molecule has 0 bridgehead atoms. The molecule has 23 heavy (non-hydrogen) atoms. The maximum absolute atomic E-state index is 11.7. The van der Waals surface area contributed by atoms with Crippen molar-refractivity contribution in [1.29, 1.82) is 0 Å². The van der Waals surface area contributed by atoms with Gasteiger partial charge >= 0.3 is 11.9 Å². The number of hydrogen-bond donors (Lipinski definition) is 0. The molecule has 0 atom stereocenters. The van der Waals surface area contributed by atoms with Crippen molar-refractivity contribution < 1.29 is 24.0 Å². The Kier molecular flexibility index (Phi) is 4.89. The summed E-state index contributed by atoms with van der Waals surface area (Å²) in [5, 5.41) is 15.9. The highest BCUT2D eigenvalue weighted by molar-refractivity contribution is 5.99. The van der Waals surface area contributed by atoms with Crippen LogP contribution in [0.2, 0.25) is 0 Å². The normalized spacial score (nSPS) is 10.5. The predicted molar refractivity (Wildman–Crippen MR) is 79.0 cm³/mol. The van der Waals surface area contributed by atoms with Crippen LogP contribution >= 0.6 is 0 Å². The van der Waals surface area contributed by atoms with Gasteiger partial charge < -0.3 is 9.47 Å². The number of fused-ring (bicyclic) bond motifs is 1. The fourth-order valence-electron chi connectivity index (χ4n) is 2.09. The number of carbonyl (C=O) groups excluding carboxylic acids is 2. The van der Waals surface area contributed by atoms with Gasteiger partial charge in [-0.15, -0.1) is 0 Å². The number of ether oxygens (including phenoxy) is 2. The van der Waals surface area contributed by atoms with E-state index in [0.717, 1.165) is 7.11 Å². The number of nitro benzene ring substituents is 1. The Hall–Kier alpha value is -2.97. The first-order valence-electron chi connectivity index (χ1n) is 6.79. The minimum absolute atomic E-state index is 0.143. The summed E-state index contributed by atoms with van der Waals surface area (Å²) in [6.45, 7) is 2.07. The molecule has 0 unspecified atom stereocenters. The van der Waals surface area contributed by atoms with Gasteiger partial charge in [0.15, 0.2) is 0 Å². The van der Waals surface area contributed by atoms with Crippen LogP contribution in [-0.2, 0) is 20.8 Å². The molecule has 0 radical (unpaired) electrons. The van der Waals surface area contributed by atoms with Crippen molar-refractivity contribution in [2.75, 3.05) is 13.7 Å². The Balaban J connectivity index is 2.26. The molecule has 122 valence electrons. The summed E-state index contributed by atoms with van der Waals surface area (Å²) in [4.78, 5) is 32.8. The van der Waals surface area contributed by atoms with E-state index >= 15 is 0 Å². The van der Waals surface area contributed by atoms with E-state index in [1.54, 1.807) is 10.9 Å². The molecule has 2 aromatic rings. The third-order valence-electron chi connectivity index (χ3n) is 3.11. The molecule has 0 fully saturated rings. The smallest absolute Gasteiger partial charge is 0.344 e. The lowest BCUT2D eigenvalue weighted by molar-refractivity contribution is -0.385. The van der Waals surface area contributed by atoms with Crippen molar-refractivity contribution in [3.8, 4) is 0 Å². The second kappa shape index (κ2) is 6.86. The molecule has 0 saturated heterocycles. The number of benzene rings is 1. The number of methoxy groups -OCH3 is 1. The van der Waals surface area contributed by atoms with Crippen LogP contribution in [0.1, 0.15) is 23.7 Å². The van der Waals surface area contributed by atoms with Gasteiger partial charge in [-0.1, -0.05) is 0 Å². The summed E-state index contributed by atoms with van der Waals surface area (Å²) in [7, 11) is 1.16. The Labute approximate surface area is 130 Å². The van der Waals surface area contributed by atoms with Crippen molar-refractivity contribution in [3.05, 3.63) is 34.0 Å². The summed E-state index contributed by atoms with van der Waals surface area (Å²) in [6.07, 6.45) is 2.19. The minimum Gasteiger partial charge on any atom is -0.466 e. The zero-order valence-electron chi connectivity index (χ0n) is 12.6. The van der Waals surface area contributed by atoms with E-state index < -0.39 is 10.9 Å². The van der Waals surface area contributed by atoms with Crippen LogP contribution in [0.25, 0.3) is 10.9 Å². The van der Waals surface area contributed by atoms with Crippen LogP contribution in [0.3, 0.4) is 0 Å². The zero-order valence-corrected chi connectivity index (χ0v) is 12.6. The quantitative estimate of drug-likeness (QED) is 0.344. The van der Waals surface area contributed by atoms with Crippen molar-refractivity contribution in [2.45, 2.75) is 19.9 Å². The van der Waals surface area contributed by atoms with E-state index in [-0.39, 0.29) is 23.8 Å². The van der Waals surface area contributed by atoms with Crippen molar-refractivity contribution in [2.24, 2.45) is 0 Å². The number of hydrogen-bond acceptors (Lipinski definition) is 7. The number of rotatable bonds is 6. The summed E-state index contributed by atoms with van der Waals surface area (Å²) in [6, 6.07) is 2.62. The van der Waals surface area contributed by atoms with Gasteiger partial charge in [0.25, 0.3) is 5.69 Å². The second-order valence-electron chi connectivity index (χ2n) is 4.76. The molecule has 1 heterocycles. The third-order valence-corrected chi connectivity index (χ3v) is 3.11. The van der Waals surface area contributed by atoms with E-state index in [9.17, 15) is 19.7 Å². The van der Waals surface area contributed by atoms with Crippen LogP contribution in [0.15, 0.2) is 18.3 Å². The van der Waals surface area contributed by atoms with E-state index in [2.05, 4.69) is 9.84 Å². The van der Waals surface area contributed by atoms with Crippen LogP contribution in [0, 0.1) is 10.1 Å². The lowest BCUT2D eigenvalue weighted by atomic mass is 10.1. The maximum Gasteiger partial charge on any atom is 0.344 e. The number of aryl methyl sites for hydroxylation is 1. The topological polar surface area (TPSA) is 114 Å². The van der Waals surface area contributed by atoms with Crippen LogP contribution in [0.5, 0.6) is 0 Å². The Morgan fingerprint density at radius 3 is 2.74 bits per heavy atom. The molecule has 0 aliphatic carbocycles. The molecule has 2 rings (SSSR count). The lowest BCUT2D eigenvalue weighted by Crippen LogP contribution is -2.06. The first-order valence-corrected chi connectivity index (χ1v) is 6.79. The highest BCUT2D eigenvalue weighted by Crippen LogP contribution is 2.26. The van der Waals surface area contributed by atoms with Crippen LogP contribution < -0.4 is 0 Å². The van der Waals surface area contributed by atoms with Crippen molar-refractivity contribution in [1.82, 2.24) is 9.78 Å². The molecule has 0 spiro atoms. The molecular weight excluding hydrogens is 306 g/mol. The molecule has 1 aromatic carbocycles. The van der Waals surface area contributed by atoms with Crippen molar-refractivity contribution in [3.63, 3.8) is 0 Å². The lowest BCUT2D eigenvalue weighted by Gasteiger charge is -2.01. The van der Waals surface area contributed by atoms with E-state index in [1.165, 1.54) is 19.1 Å². The predicted octanol–water partition coefficient (Wildman–Crippen LogP) is 1.68. The van der Waals surface area contributed by atoms with E-state index in [0.29, 0.717) is 23.9 Å². The maximum atomic E-state index is 11.7.